The van der Waals surface area contributed by atoms with Crippen molar-refractivity contribution in [1.29, 1.82) is 0 Å². The summed E-state index contributed by atoms with van der Waals surface area (Å²) in [5.41, 5.74) is 0.779. The van der Waals surface area contributed by atoms with Crippen LogP contribution in [0.25, 0.3) is 0 Å². The van der Waals surface area contributed by atoms with E-state index in [1.54, 1.807) is 0 Å². The number of carboxylic acid groups (broad SMARTS) is 1. The van der Waals surface area contributed by atoms with Crippen molar-refractivity contribution in [3.63, 3.8) is 0 Å². The molecule has 0 aliphatic carbocycles. The summed E-state index contributed by atoms with van der Waals surface area (Å²) in [5, 5.41) is 11.7. The van der Waals surface area contributed by atoms with Crippen molar-refractivity contribution in [3.8, 4) is 0 Å². The maximum atomic E-state index is 10.8. The number of aromatic nitrogens is 1. The lowest BCUT2D eigenvalue weighted by Crippen LogP contribution is -2.44. The minimum atomic E-state index is -0.830. The molecule has 0 saturated heterocycles. The van der Waals surface area contributed by atoms with E-state index in [0.29, 0.717) is 0 Å². The fraction of sp³-hybridized carbons (Fsp3) is 0.636. The molecule has 1 heterocycles. The van der Waals surface area contributed by atoms with Gasteiger partial charge in [-0.25, -0.2) is 4.98 Å². The van der Waals surface area contributed by atoms with E-state index in [1.165, 1.54) is 11.3 Å². The Bertz CT molecular complexity index is 368. The van der Waals surface area contributed by atoms with Crippen LogP contribution >= 0.6 is 11.3 Å². The van der Waals surface area contributed by atoms with E-state index < -0.39 is 5.97 Å². The molecule has 0 fully saturated rings. The van der Waals surface area contributed by atoms with E-state index in [9.17, 15) is 4.79 Å². The Balaban J connectivity index is 2.96. The maximum Gasteiger partial charge on any atom is 0.323 e. The van der Waals surface area contributed by atoms with Crippen molar-refractivity contribution in [2.75, 3.05) is 11.4 Å². The van der Waals surface area contributed by atoms with E-state index in [1.807, 2.05) is 38.0 Å². The molecule has 90 valence electrons. The minimum absolute atomic E-state index is 0.0137. The first-order valence-corrected chi connectivity index (χ1v) is 6.16. The molecule has 0 aromatic carbocycles. The molecule has 0 bridgehead atoms. The number of rotatable bonds is 4. The lowest BCUT2D eigenvalue weighted by atomic mass is 10.1. The number of aryl methyl sites for hydroxylation is 1. The first-order chi connectivity index (χ1) is 7.34. The van der Waals surface area contributed by atoms with Crippen LogP contribution in [0.15, 0.2) is 5.38 Å². The van der Waals surface area contributed by atoms with Crippen LogP contribution in [0.1, 0.15) is 33.4 Å². The minimum Gasteiger partial charge on any atom is -0.480 e. The average molecular weight is 242 g/mol. The number of hydrogen-bond donors (Lipinski definition) is 1. The zero-order valence-corrected chi connectivity index (χ0v) is 11.0. The Morgan fingerprint density at radius 2 is 2.19 bits per heavy atom. The summed E-state index contributed by atoms with van der Waals surface area (Å²) in [6.45, 7) is 7.99. The van der Waals surface area contributed by atoms with E-state index in [-0.39, 0.29) is 12.1 Å². The van der Waals surface area contributed by atoms with Crippen molar-refractivity contribution in [2.24, 2.45) is 0 Å². The number of carbonyl (C=O) groups is 1. The smallest absolute Gasteiger partial charge is 0.323 e. The summed E-state index contributed by atoms with van der Waals surface area (Å²) < 4.78 is 0. The van der Waals surface area contributed by atoms with Crippen molar-refractivity contribution >= 4 is 22.4 Å². The third kappa shape index (κ3) is 3.20. The molecule has 1 aromatic rings. The van der Waals surface area contributed by atoms with Crippen LogP contribution in [0.3, 0.4) is 0 Å². The Morgan fingerprint density at radius 1 is 1.56 bits per heavy atom. The molecule has 5 heteroatoms. The van der Waals surface area contributed by atoms with Crippen LogP contribution in [0, 0.1) is 0 Å². The normalized spacial score (nSPS) is 11.5. The molecule has 0 aliphatic heterocycles. The van der Waals surface area contributed by atoms with Crippen LogP contribution in [0.2, 0.25) is 0 Å². The Labute approximate surface area is 99.9 Å². The summed E-state index contributed by atoms with van der Waals surface area (Å²) in [6, 6.07) is 0. The van der Waals surface area contributed by atoms with E-state index in [0.717, 1.165) is 17.2 Å². The molecule has 0 unspecified atom stereocenters. The van der Waals surface area contributed by atoms with Gasteiger partial charge in [0.15, 0.2) is 5.13 Å². The number of aliphatic carboxylic acids is 1. The number of hydrogen-bond acceptors (Lipinski definition) is 4. The average Bonchev–Trinajstić information content (AvgIpc) is 2.60. The lowest BCUT2D eigenvalue weighted by molar-refractivity contribution is -0.135. The molecule has 0 spiro atoms. The van der Waals surface area contributed by atoms with Gasteiger partial charge in [-0.05, 0) is 27.2 Å². The van der Waals surface area contributed by atoms with Crippen LogP contribution in [-0.4, -0.2) is 28.1 Å². The van der Waals surface area contributed by atoms with Gasteiger partial charge in [-0.2, -0.15) is 0 Å². The van der Waals surface area contributed by atoms with Gasteiger partial charge in [0.1, 0.15) is 6.54 Å². The van der Waals surface area contributed by atoms with Gasteiger partial charge in [-0.3, -0.25) is 4.79 Å². The highest BCUT2D eigenvalue weighted by Crippen LogP contribution is 2.27. The van der Waals surface area contributed by atoms with Gasteiger partial charge in [0, 0.05) is 10.9 Å². The second-order valence-electron chi connectivity index (χ2n) is 4.63. The first kappa shape index (κ1) is 13.0. The predicted octanol–water partition coefficient (Wildman–Crippen LogP) is 2.40. The summed E-state index contributed by atoms with van der Waals surface area (Å²) in [6.07, 6.45) is 0.877. The highest BCUT2D eigenvalue weighted by atomic mass is 32.1. The molecule has 0 radical (unpaired) electrons. The summed E-state index contributed by atoms with van der Waals surface area (Å²) in [5.74, 6) is -0.830. The topological polar surface area (TPSA) is 53.4 Å². The largest absolute Gasteiger partial charge is 0.480 e. The fourth-order valence-corrected chi connectivity index (χ4v) is 2.41. The SMILES string of the molecule is CCc1csc(N(CC(=O)O)C(C)(C)C)n1. The third-order valence-electron chi connectivity index (χ3n) is 2.24. The van der Waals surface area contributed by atoms with Crippen LogP contribution in [-0.2, 0) is 11.2 Å². The second kappa shape index (κ2) is 4.82. The highest BCUT2D eigenvalue weighted by Gasteiger charge is 2.26. The molecule has 1 rings (SSSR count). The molecule has 0 saturated carbocycles. The van der Waals surface area contributed by atoms with E-state index in [4.69, 9.17) is 5.11 Å². The number of carboxylic acids is 1. The van der Waals surface area contributed by atoms with Crippen LogP contribution in [0.4, 0.5) is 5.13 Å². The molecular formula is C11H18N2O2S. The van der Waals surface area contributed by atoms with Gasteiger partial charge < -0.3 is 10.0 Å². The van der Waals surface area contributed by atoms with Gasteiger partial charge in [0.2, 0.25) is 0 Å². The molecule has 1 aromatic heterocycles. The molecule has 1 N–H and O–H groups in total. The zero-order chi connectivity index (χ0) is 12.3. The van der Waals surface area contributed by atoms with Crippen molar-refractivity contribution in [3.05, 3.63) is 11.1 Å². The highest BCUT2D eigenvalue weighted by molar-refractivity contribution is 7.13. The van der Waals surface area contributed by atoms with Gasteiger partial charge in [0.25, 0.3) is 0 Å². The monoisotopic (exact) mass is 242 g/mol. The number of anilines is 1. The van der Waals surface area contributed by atoms with Crippen LogP contribution < -0.4 is 4.90 Å². The van der Waals surface area contributed by atoms with Gasteiger partial charge in [-0.15, -0.1) is 11.3 Å². The summed E-state index contributed by atoms with van der Waals surface area (Å²) in [4.78, 5) is 17.1. The predicted molar refractivity (Wildman–Crippen MR) is 66.2 cm³/mol. The maximum absolute atomic E-state index is 10.8. The molecular weight excluding hydrogens is 224 g/mol. The molecule has 0 atom stereocenters. The zero-order valence-electron chi connectivity index (χ0n) is 10.1. The number of thiazole rings is 1. The number of nitrogens with zero attached hydrogens (tertiary/aromatic N) is 2. The summed E-state index contributed by atoms with van der Waals surface area (Å²) >= 11 is 1.50. The standard InChI is InChI=1S/C11H18N2O2S/c1-5-8-7-16-10(12-8)13(6-9(14)15)11(2,3)4/h7H,5-6H2,1-4H3,(H,14,15). The molecule has 4 nitrogen and oxygen atoms in total. The van der Waals surface area contributed by atoms with Gasteiger partial charge >= 0.3 is 5.97 Å². The lowest BCUT2D eigenvalue weighted by Gasteiger charge is -2.34. The molecule has 0 aliphatic rings. The quantitative estimate of drug-likeness (QED) is 0.881. The first-order valence-electron chi connectivity index (χ1n) is 5.28. The van der Waals surface area contributed by atoms with Crippen molar-refractivity contribution < 1.29 is 9.90 Å². The Kier molecular flexibility index (Phi) is 3.91. The van der Waals surface area contributed by atoms with E-state index >= 15 is 0 Å². The fourth-order valence-electron chi connectivity index (χ4n) is 1.31. The third-order valence-corrected chi connectivity index (χ3v) is 3.15. The van der Waals surface area contributed by atoms with Crippen LogP contribution in [0.5, 0.6) is 0 Å². The van der Waals surface area contributed by atoms with Crippen molar-refractivity contribution in [2.45, 2.75) is 39.7 Å². The van der Waals surface area contributed by atoms with Gasteiger partial charge in [0.05, 0.1) is 5.69 Å². The van der Waals surface area contributed by atoms with Gasteiger partial charge in [-0.1, -0.05) is 6.92 Å². The van der Waals surface area contributed by atoms with E-state index in [2.05, 4.69) is 4.98 Å². The Morgan fingerprint density at radius 3 is 2.56 bits per heavy atom. The molecule has 16 heavy (non-hydrogen) atoms. The second-order valence-corrected chi connectivity index (χ2v) is 5.46. The van der Waals surface area contributed by atoms with Crippen molar-refractivity contribution in [1.82, 2.24) is 4.98 Å². The Hall–Kier alpha value is -1.10. The molecule has 0 amide bonds. The summed E-state index contributed by atoms with van der Waals surface area (Å²) in [7, 11) is 0.